The van der Waals surface area contributed by atoms with Crippen LogP contribution in [-0.4, -0.2) is 39.4 Å². The number of aromatic nitrogens is 4. The van der Waals surface area contributed by atoms with E-state index < -0.39 is 0 Å². The molecule has 0 atom stereocenters. The number of ether oxygens (including phenoxy) is 1. The van der Waals surface area contributed by atoms with E-state index in [1.807, 2.05) is 13.0 Å². The average Bonchev–Trinajstić information content (AvgIpc) is 2.86. The maximum absolute atomic E-state index is 5.98. The molecule has 7 nitrogen and oxygen atoms in total. The Labute approximate surface area is 117 Å². The highest BCUT2D eigenvalue weighted by Gasteiger charge is 2.15. The third-order valence-corrected chi connectivity index (χ3v) is 3.32. The average molecular weight is 274 g/mol. The number of nitrogens with zero attached hydrogens (tertiary/aromatic N) is 3. The van der Waals surface area contributed by atoms with Gasteiger partial charge in [-0.3, -0.25) is 5.10 Å². The highest BCUT2D eigenvalue weighted by molar-refractivity contribution is 5.67. The number of H-pyrrole nitrogens is 1. The SMILES string of the molecule is Cc1cc(-c2ncc(NC3CCOCC3)nc2N)n[nH]1. The Morgan fingerprint density at radius 3 is 2.85 bits per heavy atom. The molecule has 0 saturated carbocycles. The van der Waals surface area contributed by atoms with Crippen LogP contribution in [0, 0.1) is 6.92 Å². The monoisotopic (exact) mass is 274 g/mol. The molecule has 0 aliphatic carbocycles. The van der Waals surface area contributed by atoms with E-state index >= 15 is 0 Å². The van der Waals surface area contributed by atoms with Crippen molar-refractivity contribution in [3.05, 3.63) is 18.0 Å². The molecule has 2 aromatic heterocycles. The predicted molar refractivity (Wildman–Crippen MR) is 76.2 cm³/mol. The maximum atomic E-state index is 5.98. The lowest BCUT2D eigenvalue weighted by atomic mass is 10.1. The molecule has 3 heterocycles. The van der Waals surface area contributed by atoms with Gasteiger partial charge >= 0.3 is 0 Å². The number of anilines is 2. The van der Waals surface area contributed by atoms with Gasteiger partial charge < -0.3 is 15.8 Å². The van der Waals surface area contributed by atoms with Gasteiger partial charge in [-0.05, 0) is 25.8 Å². The minimum absolute atomic E-state index is 0.371. The molecule has 0 aromatic carbocycles. The first-order chi connectivity index (χ1) is 9.72. The van der Waals surface area contributed by atoms with Crippen molar-refractivity contribution in [3.63, 3.8) is 0 Å². The first-order valence-corrected chi connectivity index (χ1v) is 6.71. The van der Waals surface area contributed by atoms with Crippen molar-refractivity contribution in [2.75, 3.05) is 24.3 Å². The highest BCUT2D eigenvalue weighted by Crippen LogP contribution is 2.22. The summed E-state index contributed by atoms with van der Waals surface area (Å²) in [6.07, 6.45) is 3.65. The fourth-order valence-electron chi connectivity index (χ4n) is 2.26. The quantitative estimate of drug-likeness (QED) is 0.781. The second kappa shape index (κ2) is 5.46. The first-order valence-electron chi connectivity index (χ1n) is 6.71. The lowest BCUT2D eigenvalue weighted by molar-refractivity contribution is 0.0904. The second-order valence-corrected chi connectivity index (χ2v) is 4.96. The van der Waals surface area contributed by atoms with E-state index in [2.05, 4.69) is 25.5 Å². The fraction of sp³-hybridized carbons (Fsp3) is 0.462. The molecule has 1 aliphatic heterocycles. The number of rotatable bonds is 3. The van der Waals surface area contributed by atoms with Gasteiger partial charge in [-0.1, -0.05) is 0 Å². The zero-order valence-corrected chi connectivity index (χ0v) is 11.4. The molecule has 106 valence electrons. The zero-order valence-electron chi connectivity index (χ0n) is 11.4. The molecule has 7 heteroatoms. The van der Waals surface area contributed by atoms with Crippen LogP contribution < -0.4 is 11.1 Å². The number of aromatic amines is 1. The summed E-state index contributed by atoms with van der Waals surface area (Å²) in [4.78, 5) is 8.73. The molecule has 0 radical (unpaired) electrons. The summed E-state index contributed by atoms with van der Waals surface area (Å²) in [6.45, 7) is 3.50. The molecule has 1 saturated heterocycles. The summed E-state index contributed by atoms with van der Waals surface area (Å²) in [5.74, 6) is 1.08. The number of nitrogens with one attached hydrogen (secondary N) is 2. The third-order valence-electron chi connectivity index (χ3n) is 3.32. The van der Waals surface area contributed by atoms with Crippen molar-refractivity contribution in [1.82, 2.24) is 20.2 Å². The van der Waals surface area contributed by atoms with Crippen molar-refractivity contribution < 1.29 is 4.74 Å². The summed E-state index contributed by atoms with van der Waals surface area (Å²) in [6, 6.07) is 2.27. The van der Waals surface area contributed by atoms with Crippen molar-refractivity contribution in [3.8, 4) is 11.4 Å². The van der Waals surface area contributed by atoms with Gasteiger partial charge in [0.1, 0.15) is 17.2 Å². The molecular weight excluding hydrogens is 256 g/mol. The Balaban J connectivity index is 1.76. The number of nitrogen functional groups attached to an aromatic ring is 1. The van der Waals surface area contributed by atoms with Crippen LogP contribution in [0.2, 0.25) is 0 Å². The Morgan fingerprint density at radius 2 is 2.20 bits per heavy atom. The van der Waals surface area contributed by atoms with Crippen LogP contribution in [0.5, 0.6) is 0 Å². The molecule has 2 aromatic rings. The van der Waals surface area contributed by atoms with Gasteiger partial charge in [0.2, 0.25) is 0 Å². The van der Waals surface area contributed by atoms with E-state index in [0.29, 0.717) is 29.1 Å². The minimum atomic E-state index is 0.371. The number of hydrogen-bond acceptors (Lipinski definition) is 6. The standard InChI is InChI=1S/C13H18N6O/c1-8-6-10(19-18-8)12-13(14)17-11(7-15-12)16-9-2-4-20-5-3-9/h6-7,9H,2-5H2,1H3,(H,18,19)(H3,14,16,17). The molecule has 1 fully saturated rings. The summed E-state index contributed by atoms with van der Waals surface area (Å²) in [5, 5.41) is 10.4. The number of hydrogen-bond donors (Lipinski definition) is 3. The van der Waals surface area contributed by atoms with Crippen molar-refractivity contribution in [2.24, 2.45) is 0 Å². The van der Waals surface area contributed by atoms with E-state index in [1.54, 1.807) is 6.20 Å². The smallest absolute Gasteiger partial charge is 0.154 e. The van der Waals surface area contributed by atoms with E-state index in [1.165, 1.54) is 0 Å². The molecule has 0 unspecified atom stereocenters. The maximum Gasteiger partial charge on any atom is 0.154 e. The van der Waals surface area contributed by atoms with Crippen LogP contribution in [0.25, 0.3) is 11.4 Å². The fourth-order valence-corrected chi connectivity index (χ4v) is 2.26. The van der Waals surface area contributed by atoms with E-state index in [-0.39, 0.29) is 0 Å². The Hall–Kier alpha value is -2.15. The van der Waals surface area contributed by atoms with Crippen molar-refractivity contribution >= 4 is 11.6 Å². The Morgan fingerprint density at radius 1 is 1.40 bits per heavy atom. The van der Waals surface area contributed by atoms with Crippen LogP contribution >= 0.6 is 0 Å². The summed E-state index contributed by atoms with van der Waals surface area (Å²) in [7, 11) is 0. The highest BCUT2D eigenvalue weighted by atomic mass is 16.5. The van der Waals surface area contributed by atoms with Crippen molar-refractivity contribution in [1.29, 1.82) is 0 Å². The number of aryl methyl sites for hydroxylation is 1. The van der Waals surface area contributed by atoms with Gasteiger partial charge in [-0.2, -0.15) is 5.10 Å². The van der Waals surface area contributed by atoms with E-state index in [9.17, 15) is 0 Å². The van der Waals surface area contributed by atoms with Crippen molar-refractivity contribution in [2.45, 2.75) is 25.8 Å². The van der Waals surface area contributed by atoms with Gasteiger partial charge in [0.25, 0.3) is 0 Å². The molecular formula is C13H18N6O. The van der Waals surface area contributed by atoms with Crippen LogP contribution in [0.1, 0.15) is 18.5 Å². The molecule has 20 heavy (non-hydrogen) atoms. The largest absolute Gasteiger partial charge is 0.382 e. The van der Waals surface area contributed by atoms with Crippen LogP contribution in [-0.2, 0) is 4.74 Å². The predicted octanol–water partition coefficient (Wildman–Crippen LogP) is 1.35. The molecule has 4 N–H and O–H groups in total. The number of nitrogens with two attached hydrogens (primary N) is 1. The van der Waals surface area contributed by atoms with Gasteiger partial charge in [0, 0.05) is 24.9 Å². The lowest BCUT2D eigenvalue weighted by Gasteiger charge is -2.23. The second-order valence-electron chi connectivity index (χ2n) is 4.96. The van der Waals surface area contributed by atoms with Gasteiger partial charge in [-0.25, -0.2) is 9.97 Å². The summed E-state index contributed by atoms with van der Waals surface area (Å²) in [5.41, 5.74) is 8.26. The summed E-state index contributed by atoms with van der Waals surface area (Å²) >= 11 is 0. The van der Waals surface area contributed by atoms with E-state index in [0.717, 1.165) is 31.7 Å². The van der Waals surface area contributed by atoms with Gasteiger partial charge in [0.05, 0.1) is 6.20 Å². The Bertz CT molecular complexity index is 590. The molecule has 3 rings (SSSR count). The van der Waals surface area contributed by atoms with Gasteiger partial charge in [0.15, 0.2) is 5.82 Å². The van der Waals surface area contributed by atoms with Crippen LogP contribution in [0.4, 0.5) is 11.6 Å². The molecule has 0 bridgehead atoms. The molecule has 0 amide bonds. The van der Waals surface area contributed by atoms with E-state index in [4.69, 9.17) is 10.5 Å². The first kappa shape index (κ1) is 12.9. The molecule has 1 aliphatic rings. The molecule has 0 spiro atoms. The topological polar surface area (TPSA) is 102 Å². The Kier molecular flexibility index (Phi) is 3.51. The summed E-state index contributed by atoms with van der Waals surface area (Å²) < 4.78 is 5.33. The van der Waals surface area contributed by atoms with Gasteiger partial charge in [-0.15, -0.1) is 0 Å². The minimum Gasteiger partial charge on any atom is -0.382 e. The lowest BCUT2D eigenvalue weighted by Crippen LogP contribution is -2.28. The van der Waals surface area contributed by atoms with Crippen LogP contribution in [0.15, 0.2) is 12.3 Å². The van der Waals surface area contributed by atoms with Crippen LogP contribution in [0.3, 0.4) is 0 Å². The third kappa shape index (κ3) is 2.72. The normalized spacial score (nSPS) is 16.2. The zero-order chi connectivity index (χ0) is 13.9.